The summed E-state index contributed by atoms with van der Waals surface area (Å²) in [5, 5.41) is 2.96. The van der Waals surface area contributed by atoms with Crippen molar-refractivity contribution in [3.05, 3.63) is 217 Å². The molecule has 0 N–H and O–H groups in total. The summed E-state index contributed by atoms with van der Waals surface area (Å²) in [4.78, 5) is 0. The van der Waals surface area contributed by atoms with E-state index in [1.807, 2.05) is 140 Å². The van der Waals surface area contributed by atoms with Crippen LogP contribution in [0.15, 0.2) is 212 Å². The van der Waals surface area contributed by atoms with E-state index in [4.69, 9.17) is 0 Å². The van der Waals surface area contributed by atoms with Crippen LogP contribution in [0.4, 0.5) is 0 Å². The Morgan fingerprint density at radius 1 is 0.314 bits per heavy atom. The van der Waals surface area contributed by atoms with Gasteiger partial charge in [-0.2, -0.15) is 18.2 Å². The van der Waals surface area contributed by atoms with Crippen LogP contribution in [-0.4, -0.2) is 0 Å². The predicted molar refractivity (Wildman–Crippen MR) is 205 cm³/mol. The fourth-order valence-electron chi connectivity index (χ4n) is 5.88. The van der Waals surface area contributed by atoms with Crippen LogP contribution in [0.2, 0.25) is 0 Å². The van der Waals surface area contributed by atoms with Gasteiger partial charge in [-0.1, -0.05) is 187 Å². The SMILES string of the molecule is O=P(c1ccccc1)(c1ccccc1)[C-](P(=O)(c1ccccc1)c1ccccc1)P(=O)(c1ccccc1)c1ccccc1.[Cl-].[Cl-].[Zr+4].c1cc[cH-]c1. The molecule has 0 bridgehead atoms. The zero-order valence-electron chi connectivity index (χ0n) is 27.5. The van der Waals surface area contributed by atoms with Crippen molar-refractivity contribution in [1.29, 1.82) is 0 Å². The molecule has 9 heteroatoms. The summed E-state index contributed by atoms with van der Waals surface area (Å²) < 4.78 is 49.6. The van der Waals surface area contributed by atoms with E-state index >= 15 is 13.7 Å². The number of rotatable bonds is 9. The first-order valence-corrected chi connectivity index (χ1v) is 20.8. The van der Waals surface area contributed by atoms with Crippen LogP contribution in [0, 0.1) is 5.14 Å². The quantitative estimate of drug-likeness (QED) is 0.166. The molecule has 0 aliphatic carbocycles. The fourth-order valence-corrected chi connectivity index (χ4v) is 20.6. The average Bonchev–Trinajstić information content (AvgIpc) is 3.78. The number of halogens is 2. The van der Waals surface area contributed by atoms with E-state index in [9.17, 15) is 0 Å². The fraction of sp³-hybridized carbons (Fsp3) is 0. The summed E-state index contributed by atoms with van der Waals surface area (Å²) in [6.07, 6.45) is 0. The zero-order valence-corrected chi connectivity index (χ0v) is 34.2. The third-order valence-corrected chi connectivity index (χ3v) is 21.0. The van der Waals surface area contributed by atoms with Crippen molar-refractivity contribution in [2.24, 2.45) is 0 Å². The molecular formula is C42H35Cl2O3P3Zr. The molecule has 0 radical (unpaired) electrons. The van der Waals surface area contributed by atoms with Crippen LogP contribution < -0.4 is 56.6 Å². The van der Waals surface area contributed by atoms with Gasteiger partial charge in [-0.3, -0.25) is 0 Å². The monoisotopic (exact) mass is 840 g/mol. The van der Waals surface area contributed by atoms with Gasteiger partial charge in [-0.15, -0.1) is 0 Å². The molecule has 0 saturated heterocycles. The van der Waals surface area contributed by atoms with Crippen molar-refractivity contribution in [1.82, 2.24) is 0 Å². The summed E-state index contributed by atoms with van der Waals surface area (Å²) >= 11 is 0. The second kappa shape index (κ2) is 19.6. The van der Waals surface area contributed by atoms with E-state index in [-0.39, 0.29) is 56.2 Å². The first-order valence-electron chi connectivity index (χ1n) is 15.7. The summed E-state index contributed by atoms with van der Waals surface area (Å²) in [5.74, 6) is 0. The molecule has 0 atom stereocenters. The van der Waals surface area contributed by atoms with E-state index in [1.165, 1.54) is 0 Å². The summed E-state index contributed by atoms with van der Waals surface area (Å²) in [7, 11) is -12.1. The van der Waals surface area contributed by atoms with Crippen molar-refractivity contribution < 1.29 is 64.7 Å². The Morgan fingerprint density at radius 3 is 0.627 bits per heavy atom. The molecule has 7 aromatic rings. The summed E-state index contributed by atoms with van der Waals surface area (Å²) in [6.45, 7) is 0. The van der Waals surface area contributed by atoms with Gasteiger partial charge in [0.05, 0.1) is 0 Å². The number of benzene rings is 6. The molecule has 0 fully saturated rings. The third kappa shape index (κ3) is 8.73. The van der Waals surface area contributed by atoms with Crippen LogP contribution in [-0.2, 0) is 39.9 Å². The maximum atomic E-state index is 16.5. The Morgan fingerprint density at radius 2 is 0.490 bits per heavy atom. The minimum Gasteiger partial charge on any atom is -1.00 e. The van der Waals surface area contributed by atoms with Crippen molar-refractivity contribution in [2.45, 2.75) is 0 Å². The molecule has 7 rings (SSSR count). The molecule has 7 aromatic carbocycles. The number of hydrogen-bond donors (Lipinski definition) is 0. The van der Waals surface area contributed by atoms with E-state index in [0.717, 1.165) is 0 Å². The number of hydrogen-bond acceptors (Lipinski definition) is 3. The van der Waals surface area contributed by atoms with Gasteiger partial charge >= 0.3 is 26.2 Å². The molecule has 0 unspecified atom stereocenters. The van der Waals surface area contributed by atoms with Crippen LogP contribution in [0.25, 0.3) is 0 Å². The first-order chi connectivity index (χ1) is 23.5. The van der Waals surface area contributed by atoms with Gasteiger partial charge in [-0.05, 0) is 31.8 Å². The molecule has 0 spiro atoms. The van der Waals surface area contributed by atoms with E-state index < -0.39 is 21.4 Å². The van der Waals surface area contributed by atoms with Crippen LogP contribution in [0.1, 0.15) is 0 Å². The molecule has 0 amide bonds. The second-order valence-electron chi connectivity index (χ2n) is 11.1. The van der Waals surface area contributed by atoms with Gasteiger partial charge in [0.15, 0.2) is 0 Å². The average molecular weight is 843 g/mol. The maximum absolute atomic E-state index is 16.5. The Bertz CT molecular complexity index is 1780. The molecule has 0 aliphatic rings. The van der Waals surface area contributed by atoms with Crippen LogP contribution >= 0.6 is 21.4 Å². The topological polar surface area (TPSA) is 51.2 Å². The molecule has 0 heterocycles. The first kappa shape index (κ1) is 42.2. The van der Waals surface area contributed by atoms with Gasteiger partial charge in [-0.25, -0.2) is 12.1 Å². The van der Waals surface area contributed by atoms with Crippen molar-refractivity contribution in [3.8, 4) is 0 Å². The van der Waals surface area contributed by atoms with Crippen molar-refractivity contribution >= 4 is 53.3 Å². The minimum atomic E-state index is -4.05. The molecule has 51 heavy (non-hydrogen) atoms. The Hall–Kier alpha value is -3.18. The van der Waals surface area contributed by atoms with Crippen molar-refractivity contribution in [2.75, 3.05) is 0 Å². The normalized spacial score (nSPS) is 11.1. The van der Waals surface area contributed by atoms with E-state index in [1.54, 1.807) is 72.8 Å². The summed E-state index contributed by atoms with van der Waals surface area (Å²) in [5.41, 5.74) is 0. The molecule has 254 valence electrons. The Kier molecular flexibility index (Phi) is 16.2. The van der Waals surface area contributed by atoms with Gasteiger partial charge in [0, 0.05) is 21.4 Å². The van der Waals surface area contributed by atoms with E-state index in [0.29, 0.717) is 31.8 Å². The predicted octanol–water partition coefficient (Wildman–Crippen LogP) is 2.89. The largest absolute Gasteiger partial charge is 4.00 e. The molecule has 0 saturated carbocycles. The molecule has 0 aliphatic heterocycles. The van der Waals surface area contributed by atoms with Gasteiger partial charge < -0.3 is 38.5 Å². The van der Waals surface area contributed by atoms with Gasteiger partial charge in [0.1, 0.15) is 0 Å². The van der Waals surface area contributed by atoms with E-state index in [2.05, 4.69) is 0 Å². The van der Waals surface area contributed by atoms with Gasteiger partial charge in [0.2, 0.25) is 0 Å². The Balaban J connectivity index is 0.000000809. The standard InChI is InChI=1S/C37H30O3P3.C5H5.2ClH.Zr/c38-41(31-19-7-1-8-20-31,32-21-9-2-10-22-32)37(42(39,33-23-11-3-12-24-33)34-25-13-4-14-26-34)43(40,35-27-15-5-16-28-35)36-29-17-6-18-30-36;1-2-4-5-3-1;;;/h1-30H;1-5H;2*1H;/q2*-1;;;+4/p-2. The van der Waals surface area contributed by atoms with Gasteiger partial charge in [0.25, 0.3) is 0 Å². The Labute approximate surface area is 333 Å². The smallest absolute Gasteiger partial charge is 1.00 e. The third-order valence-electron chi connectivity index (χ3n) is 8.12. The minimum absolute atomic E-state index is 0. The summed E-state index contributed by atoms with van der Waals surface area (Å²) in [6, 6.07) is 64.7. The molecule has 3 nitrogen and oxygen atoms in total. The van der Waals surface area contributed by atoms with Crippen LogP contribution in [0.5, 0.6) is 0 Å². The molecular weight excluding hydrogens is 808 g/mol. The zero-order chi connectivity index (χ0) is 33.3. The van der Waals surface area contributed by atoms with Crippen LogP contribution in [0.3, 0.4) is 0 Å². The second-order valence-corrected chi connectivity index (χ2v) is 20.3. The maximum Gasteiger partial charge on any atom is 4.00 e. The van der Waals surface area contributed by atoms with Crippen molar-refractivity contribution in [3.63, 3.8) is 0 Å². The molecule has 0 aromatic heterocycles.